The molecular weight excluding hydrogens is 529 g/mol. The zero-order valence-corrected chi connectivity index (χ0v) is 20.5. The van der Waals surface area contributed by atoms with E-state index in [9.17, 15) is 0 Å². The van der Waals surface area contributed by atoms with Gasteiger partial charge in [0.2, 0.25) is 7.59 Å². The zero-order valence-electron chi connectivity index (χ0n) is 16.0. The number of benzene rings is 2. The molecule has 0 saturated carbocycles. The molecule has 168 valence electrons. The lowest BCUT2D eigenvalue weighted by atomic mass is 9.76. The molecule has 4 rings (SSSR count). The topological polar surface area (TPSA) is 43.5 Å². The Morgan fingerprint density at radius 2 is 0.968 bits per heavy atom. The molecule has 31 heavy (non-hydrogen) atoms. The maximum absolute atomic E-state index is 6.49. The van der Waals surface area contributed by atoms with Crippen molar-refractivity contribution in [1.29, 1.82) is 0 Å². The van der Waals surface area contributed by atoms with Crippen LogP contribution in [-0.4, -0.2) is 46.2 Å². The van der Waals surface area contributed by atoms with Crippen molar-refractivity contribution in [1.82, 2.24) is 0 Å². The second-order valence-electron chi connectivity index (χ2n) is 7.33. The Labute approximate surface area is 210 Å². The smallest absolute Gasteiger partial charge is 0.208 e. The van der Waals surface area contributed by atoms with E-state index in [0.717, 1.165) is 0 Å². The lowest BCUT2D eigenvalue weighted by Crippen LogP contribution is -2.51. The molecule has 0 aliphatic carbocycles. The van der Waals surface area contributed by atoms with Crippen molar-refractivity contribution in [2.75, 3.05) is 26.4 Å². The quantitative estimate of drug-likeness (QED) is 0.289. The van der Waals surface area contributed by atoms with Crippen LogP contribution in [0.3, 0.4) is 0 Å². The molecule has 2 saturated heterocycles. The summed E-state index contributed by atoms with van der Waals surface area (Å²) in [6.07, 6.45) is 0.265. The highest BCUT2D eigenvalue weighted by atomic mass is 35.6. The Kier molecular flexibility index (Phi) is 7.04. The van der Waals surface area contributed by atoms with Crippen molar-refractivity contribution in [3.63, 3.8) is 0 Å². The summed E-state index contributed by atoms with van der Waals surface area (Å²) in [5.74, 6) is 1.26. The summed E-state index contributed by atoms with van der Waals surface area (Å²) in [6.45, 7) is 2.34. The van der Waals surface area contributed by atoms with Crippen LogP contribution in [0.25, 0.3) is 0 Å². The molecule has 0 amide bonds. The molecule has 2 aromatic rings. The van der Waals surface area contributed by atoms with E-state index in [1.165, 1.54) is 0 Å². The first-order valence-electron chi connectivity index (χ1n) is 9.44. The molecule has 2 fully saturated rings. The van der Waals surface area contributed by atoms with Gasteiger partial charge in [0.25, 0.3) is 0 Å². The minimum absolute atomic E-state index is 0.133. The van der Waals surface area contributed by atoms with Gasteiger partial charge in [-0.05, 0) is 35.4 Å². The summed E-state index contributed by atoms with van der Waals surface area (Å²) >= 11 is 39.0. The van der Waals surface area contributed by atoms with Gasteiger partial charge in [-0.1, -0.05) is 93.9 Å². The molecule has 0 N–H and O–H groups in total. The van der Waals surface area contributed by atoms with E-state index in [1.54, 1.807) is 48.5 Å². The van der Waals surface area contributed by atoms with Crippen LogP contribution in [0.15, 0.2) is 48.5 Å². The van der Waals surface area contributed by atoms with Crippen LogP contribution in [0.1, 0.15) is 11.1 Å². The Balaban J connectivity index is 1.68. The van der Waals surface area contributed by atoms with Gasteiger partial charge >= 0.3 is 0 Å². The first-order valence-corrected chi connectivity index (χ1v) is 11.7. The van der Waals surface area contributed by atoms with E-state index in [1.807, 2.05) is 0 Å². The van der Waals surface area contributed by atoms with Gasteiger partial charge in [-0.25, -0.2) is 0 Å². The van der Waals surface area contributed by atoms with E-state index in [0.29, 0.717) is 49.1 Å². The number of ether oxygens (including phenoxy) is 4. The third kappa shape index (κ3) is 5.28. The zero-order chi connectivity index (χ0) is 22.3. The Bertz CT molecular complexity index is 809. The fourth-order valence-electron chi connectivity index (χ4n) is 3.29. The van der Waals surface area contributed by atoms with Crippen molar-refractivity contribution in [2.45, 2.75) is 25.2 Å². The summed E-state index contributed by atoms with van der Waals surface area (Å²) in [7, 11) is 0. The minimum Gasteiger partial charge on any atom is -0.491 e. The van der Waals surface area contributed by atoms with Gasteiger partial charge < -0.3 is 18.9 Å². The number of hydrogen-bond donors (Lipinski definition) is 0. The highest BCUT2D eigenvalue weighted by Gasteiger charge is 2.63. The Hall–Kier alpha value is -0.300. The minimum atomic E-state index is -2.01. The molecule has 2 aromatic carbocycles. The predicted molar refractivity (Wildman–Crippen MR) is 125 cm³/mol. The molecule has 2 aliphatic heterocycles. The molecule has 0 radical (unpaired) electrons. The summed E-state index contributed by atoms with van der Waals surface area (Å²) in [4.78, 5) is 0. The van der Waals surface area contributed by atoms with Crippen LogP contribution in [0.2, 0.25) is 0 Å². The fourth-order valence-corrected chi connectivity index (χ4v) is 5.89. The van der Waals surface area contributed by atoms with Crippen LogP contribution < -0.4 is 9.47 Å². The van der Waals surface area contributed by atoms with Gasteiger partial charge in [0.15, 0.2) is 0 Å². The molecule has 4 nitrogen and oxygen atoms in total. The van der Waals surface area contributed by atoms with E-state index in [2.05, 4.69) is 0 Å². The van der Waals surface area contributed by atoms with Gasteiger partial charge in [0.05, 0.1) is 13.2 Å². The average molecular weight is 547 g/mol. The average Bonchev–Trinajstić information content (AvgIpc) is 3.60. The lowest BCUT2D eigenvalue weighted by molar-refractivity contribution is 0.263. The summed E-state index contributed by atoms with van der Waals surface area (Å²) < 4.78 is 17.7. The third-order valence-electron chi connectivity index (χ3n) is 5.10. The van der Waals surface area contributed by atoms with Crippen molar-refractivity contribution in [3.8, 4) is 11.5 Å². The van der Waals surface area contributed by atoms with Crippen LogP contribution in [-0.2, 0) is 14.9 Å². The molecular formula is C21H18Cl6O4. The standard InChI is InChI=1S/C21H18Cl6O4/c22-20(23,24)19(21(25,26)27,13-1-5-15(6-2-13)28-9-17-11-30-17)14-3-7-16(8-4-14)29-10-18-12-31-18/h1-8,17-18H,9-12H2. The lowest BCUT2D eigenvalue weighted by Gasteiger charge is -2.45. The van der Waals surface area contributed by atoms with Crippen molar-refractivity contribution in [3.05, 3.63) is 59.7 Å². The number of hydrogen-bond acceptors (Lipinski definition) is 4. The van der Waals surface area contributed by atoms with Gasteiger partial charge in [-0.2, -0.15) is 0 Å². The molecule has 2 heterocycles. The first kappa shape index (κ1) is 23.8. The number of halogens is 6. The Morgan fingerprint density at radius 1 is 0.645 bits per heavy atom. The number of rotatable bonds is 8. The maximum Gasteiger partial charge on any atom is 0.208 e. The molecule has 2 aliphatic rings. The summed E-state index contributed by atoms with van der Waals surface area (Å²) in [5, 5.41) is 0. The van der Waals surface area contributed by atoms with Crippen LogP contribution >= 0.6 is 69.6 Å². The molecule has 0 aromatic heterocycles. The van der Waals surface area contributed by atoms with E-state index in [-0.39, 0.29) is 12.2 Å². The third-order valence-corrected chi connectivity index (χ3v) is 6.80. The number of epoxide rings is 2. The molecule has 0 spiro atoms. The maximum atomic E-state index is 6.49. The SMILES string of the molecule is ClC(Cl)(Cl)C(c1ccc(OCC2CO2)cc1)(c1ccc(OCC2CO2)cc1)C(Cl)(Cl)Cl. The molecule has 2 atom stereocenters. The first-order chi connectivity index (χ1) is 14.6. The van der Waals surface area contributed by atoms with E-state index >= 15 is 0 Å². The van der Waals surface area contributed by atoms with Gasteiger partial charge in [-0.3, -0.25) is 0 Å². The van der Waals surface area contributed by atoms with Gasteiger partial charge in [-0.15, -0.1) is 0 Å². The normalized spacial score (nSPS) is 21.0. The molecule has 10 heteroatoms. The predicted octanol–water partition coefficient (Wildman–Crippen LogP) is 6.27. The second-order valence-corrected chi connectivity index (χ2v) is 11.9. The largest absolute Gasteiger partial charge is 0.491 e. The van der Waals surface area contributed by atoms with Gasteiger partial charge in [0.1, 0.15) is 42.3 Å². The number of alkyl halides is 6. The van der Waals surface area contributed by atoms with Crippen molar-refractivity contribution in [2.24, 2.45) is 0 Å². The monoisotopic (exact) mass is 544 g/mol. The highest BCUT2D eigenvalue weighted by molar-refractivity contribution is 6.74. The van der Waals surface area contributed by atoms with Crippen molar-refractivity contribution < 1.29 is 18.9 Å². The van der Waals surface area contributed by atoms with Crippen molar-refractivity contribution >= 4 is 69.6 Å². The van der Waals surface area contributed by atoms with E-state index in [4.69, 9.17) is 88.6 Å². The molecule has 0 bridgehead atoms. The Morgan fingerprint density at radius 3 is 1.23 bits per heavy atom. The second kappa shape index (κ2) is 9.15. The van der Waals surface area contributed by atoms with Crippen LogP contribution in [0, 0.1) is 0 Å². The summed E-state index contributed by atoms with van der Waals surface area (Å²) in [5.41, 5.74) is -0.615. The summed E-state index contributed by atoms with van der Waals surface area (Å²) in [6, 6.07) is 13.9. The van der Waals surface area contributed by atoms with E-state index < -0.39 is 13.0 Å². The van der Waals surface area contributed by atoms with Crippen LogP contribution in [0.4, 0.5) is 0 Å². The molecule has 2 unspecified atom stereocenters. The van der Waals surface area contributed by atoms with Gasteiger partial charge in [0, 0.05) is 0 Å². The van der Waals surface area contributed by atoms with Crippen LogP contribution in [0.5, 0.6) is 11.5 Å². The fraction of sp³-hybridized carbons (Fsp3) is 0.429. The highest BCUT2D eigenvalue weighted by Crippen LogP contribution is 2.62.